The number of benzene rings is 2. The number of carbonyl (C=O) groups is 1. The molecule has 2 aromatic carbocycles. The largest absolute Gasteiger partial charge is 0.490 e. The number of aryl methyl sites for hydroxylation is 1. The number of nitrogens with zero attached hydrogens (tertiary/aromatic N) is 2. The summed E-state index contributed by atoms with van der Waals surface area (Å²) in [5.41, 5.74) is 2.01. The average Bonchev–Trinajstić information content (AvgIpc) is 3.13. The standard InChI is InChI=1S/C24H23N3O5/c1-2-30-20-9-5-6-10-21(20)31-23-12-11-17(16-26-23)15-25-22(28)13-14-27-18-7-3-4-8-19(18)32-24(27)29/h3-12,16H,2,13-15H2,1H3,(H,25,28). The van der Waals surface area contributed by atoms with Crippen molar-refractivity contribution in [3.8, 4) is 17.4 Å². The van der Waals surface area contributed by atoms with E-state index >= 15 is 0 Å². The minimum atomic E-state index is -0.468. The zero-order chi connectivity index (χ0) is 22.3. The molecule has 2 aromatic heterocycles. The smallest absolute Gasteiger partial charge is 0.419 e. The van der Waals surface area contributed by atoms with Crippen molar-refractivity contribution in [3.63, 3.8) is 0 Å². The molecule has 8 nitrogen and oxygen atoms in total. The summed E-state index contributed by atoms with van der Waals surface area (Å²) in [5.74, 6) is 1.03. The number of hydrogen-bond acceptors (Lipinski definition) is 6. The molecule has 4 aromatic rings. The van der Waals surface area contributed by atoms with Crippen LogP contribution in [0.4, 0.5) is 0 Å². The minimum Gasteiger partial charge on any atom is -0.490 e. The molecule has 0 spiro atoms. The summed E-state index contributed by atoms with van der Waals surface area (Å²) in [6.07, 6.45) is 1.80. The third-order valence-electron chi connectivity index (χ3n) is 4.79. The molecule has 0 aliphatic carbocycles. The number of pyridine rings is 1. The summed E-state index contributed by atoms with van der Waals surface area (Å²) in [5, 5.41) is 2.84. The van der Waals surface area contributed by atoms with Crippen molar-refractivity contribution in [1.29, 1.82) is 0 Å². The van der Waals surface area contributed by atoms with E-state index in [0.717, 1.165) is 5.56 Å². The number of carbonyl (C=O) groups excluding carboxylic acids is 1. The lowest BCUT2D eigenvalue weighted by atomic mass is 10.2. The van der Waals surface area contributed by atoms with Gasteiger partial charge in [0, 0.05) is 31.8 Å². The summed E-state index contributed by atoms with van der Waals surface area (Å²) < 4.78 is 18.0. The predicted octanol–water partition coefficient (Wildman–Crippen LogP) is 3.89. The first-order valence-corrected chi connectivity index (χ1v) is 10.3. The Morgan fingerprint density at radius 1 is 1.06 bits per heavy atom. The van der Waals surface area contributed by atoms with E-state index in [1.54, 1.807) is 30.5 Å². The third-order valence-corrected chi connectivity index (χ3v) is 4.79. The highest BCUT2D eigenvalue weighted by Gasteiger charge is 2.11. The van der Waals surface area contributed by atoms with Gasteiger partial charge in [0.15, 0.2) is 17.1 Å². The normalized spacial score (nSPS) is 10.8. The van der Waals surface area contributed by atoms with Gasteiger partial charge in [0.25, 0.3) is 0 Å². The molecular formula is C24H23N3O5. The first-order valence-electron chi connectivity index (χ1n) is 10.3. The van der Waals surface area contributed by atoms with Crippen molar-refractivity contribution in [2.45, 2.75) is 26.4 Å². The number of rotatable bonds is 9. The quantitative estimate of drug-likeness (QED) is 0.430. The van der Waals surface area contributed by atoms with Gasteiger partial charge in [-0.05, 0) is 36.8 Å². The highest BCUT2D eigenvalue weighted by Crippen LogP contribution is 2.30. The number of hydrogen-bond donors (Lipinski definition) is 1. The second kappa shape index (κ2) is 9.82. The van der Waals surface area contributed by atoms with Crippen molar-refractivity contribution >= 4 is 17.0 Å². The van der Waals surface area contributed by atoms with Gasteiger partial charge in [-0.3, -0.25) is 9.36 Å². The Hall–Kier alpha value is -4.07. The first-order chi connectivity index (χ1) is 15.6. The van der Waals surface area contributed by atoms with Crippen LogP contribution in [0, 0.1) is 0 Å². The number of ether oxygens (including phenoxy) is 2. The molecule has 0 fully saturated rings. The lowest BCUT2D eigenvalue weighted by molar-refractivity contribution is -0.121. The molecule has 1 amide bonds. The van der Waals surface area contributed by atoms with Crippen molar-refractivity contribution in [2.75, 3.05) is 6.61 Å². The summed E-state index contributed by atoms with van der Waals surface area (Å²) in [7, 11) is 0. The number of fused-ring (bicyclic) bond motifs is 1. The van der Waals surface area contributed by atoms with Gasteiger partial charge in [0.2, 0.25) is 11.8 Å². The van der Waals surface area contributed by atoms with Gasteiger partial charge in [0.05, 0.1) is 12.1 Å². The molecule has 1 N–H and O–H groups in total. The van der Waals surface area contributed by atoms with Crippen molar-refractivity contribution < 1.29 is 18.7 Å². The van der Waals surface area contributed by atoms with Crippen LogP contribution < -0.4 is 20.5 Å². The molecule has 0 aliphatic heterocycles. The second-order valence-electron chi connectivity index (χ2n) is 7.00. The fraction of sp³-hybridized carbons (Fsp3) is 0.208. The molecule has 0 atom stereocenters. The minimum absolute atomic E-state index is 0.159. The van der Waals surface area contributed by atoms with Gasteiger partial charge in [-0.2, -0.15) is 0 Å². The van der Waals surface area contributed by atoms with E-state index in [2.05, 4.69) is 10.3 Å². The van der Waals surface area contributed by atoms with Crippen LogP contribution in [0.1, 0.15) is 18.9 Å². The van der Waals surface area contributed by atoms with Gasteiger partial charge >= 0.3 is 5.76 Å². The SMILES string of the molecule is CCOc1ccccc1Oc1ccc(CNC(=O)CCn2c(=O)oc3ccccc32)cn1. The maximum atomic E-state index is 12.2. The van der Waals surface area contributed by atoms with Crippen LogP contribution in [0.2, 0.25) is 0 Å². The summed E-state index contributed by atoms with van der Waals surface area (Å²) in [6.45, 7) is 3.01. The van der Waals surface area contributed by atoms with Crippen LogP contribution in [0.25, 0.3) is 11.1 Å². The first kappa shape index (κ1) is 21.2. The lowest BCUT2D eigenvalue weighted by Crippen LogP contribution is -2.25. The number of oxazole rings is 1. The van der Waals surface area contributed by atoms with Gasteiger partial charge in [-0.15, -0.1) is 0 Å². The Bertz CT molecular complexity index is 1260. The average molecular weight is 433 g/mol. The third kappa shape index (κ3) is 4.97. The number of nitrogens with one attached hydrogen (secondary N) is 1. The van der Waals surface area contributed by atoms with Gasteiger partial charge in [0.1, 0.15) is 0 Å². The van der Waals surface area contributed by atoms with E-state index in [4.69, 9.17) is 13.9 Å². The molecule has 2 heterocycles. The van der Waals surface area contributed by atoms with Gasteiger partial charge < -0.3 is 19.2 Å². The molecule has 0 aliphatic rings. The second-order valence-corrected chi connectivity index (χ2v) is 7.00. The number of aromatic nitrogens is 2. The Balaban J connectivity index is 1.30. The maximum absolute atomic E-state index is 12.2. The highest BCUT2D eigenvalue weighted by atomic mass is 16.5. The van der Waals surface area contributed by atoms with E-state index in [1.807, 2.05) is 43.3 Å². The highest BCUT2D eigenvalue weighted by molar-refractivity contribution is 5.76. The topological polar surface area (TPSA) is 95.6 Å². The number of amides is 1. The summed E-state index contributed by atoms with van der Waals surface area (Å²) >= 11 is 0. The van der Waals surface area contributed by atoms with Crippen LogP contribution in [-0.4, -0.2) is 22.1 Å². The fourth-order valence-electron chi connectivity index (χ4n) is 3.23. The van der Waals surface area contributed by atoms with E-state index in [9.17, 15) is 9.59 Å². The van der Waals surface area contributed by atoms with Crippen LogP contribution in [0.5, 0.6) is 17.4 Å². The lowest BCUT2D eigenvalue weighted by Gasteiger charge is -2.11. The zero-order valence-electron chi connectivity index (χ0n) is 17.6. The van der Waals surface area contributed by atoms with Crippen LogP contribution in [0.15, 0.2) is 76.1 Å². The Kier molecular flexibility index (Phi) is 6.50. The van der Waals surface area contributed by atoms with Crippen molar-refractivity contribution in [3.05, 3.63) is 83.0 Å². The predicted molar refractivity (Wildman–Crippen MR) is 119 cm³/mol. The summed E-state index contributed by atoms with van der Waals surface area (Å²) in [6, 6.07) is 18.1. The van der Waals surface area contributed by atoms with Crippen LogP contribution >= 0.6 is 0 Å². The number of para-hydroxylation sites is 4. The van der Waals surface area contributed by atoms with E-state index in [-0.39, 0.29) is 18.9 Å². The molecule has 0 radical (unpaired) electrons. The monoisotopic (exact) mass is 433 g/mol. The molecule has 0 unspecified atom stereocenters. The maximum Gasteiger partial charge on any atom is 0.419 e. The van der Waals surface area contributed by atoms with Gasteiger partial charge in [-0.25, -0.2) is 9.78 Å². The van der Waals surface area contributed by atoms with E-state index in [1.165, 1.54) is 4.57 Å². The van der Waals surface area contributed by atoms with E-state index < -0.39 is 5.76 Å². The Morgan fingerprint density at radius 3 is 2.62 bits per heavy atom. The molecule has 164 valence electrons. The van der Waals surface area contributed by atoms with Crippen molar-refractivity contribution in [2.24, 2.45) is 0 Å². The van der Waals surface area contributed by atoms with Crippen molar-refractivity contribution in [1.82, 2.24) is 14.9 Å². The molecule has 0 saturated carbocycles. The van der Waals surface area contributed by atoms with Crippen LogP contribution in [-0.2, 0) is 17.9 Å². The molecule has 8 heteroatoms. The molecule has 4 rings (SSSR count). The molecule has 0 bridgehead atoms. The Morgan fingerprint density at radius 2 is 1.84 bits per heavy atom. The Labute approximate surface area is 184 Å². The zero-order valence-corrected chi connectivity index (χ0v) is 17.6. The summed E-state index contributed by atoms with van der Waals surface area (Å²) in [4.78, 5) is 28.5. The van der Waals surface area contributed by atoms with Gasteiger partial charge in [-0.1, -0.05) is 30.3 Å². The molecule has 32 heavy (non-hydrogen) atoms. The molecular weight excluding hydrogens is 410 g/mol. The van der Waals surface area contributed by atoms with E-state index in [0.29, 0.717) is 41.6 Å². The van der Waals surface area contributed by atoms with Crippen LogP contribution in [0.3, 0.4) is 0 Å². The molecule has 0 saturated heterocycles. The fourth-order valence-corrected chi connectivity index (χ4v) is 3.23.